The van der Waals surface area contributed by atoms with Crippen LogP contribution in [0.3, 0.4) is 0 Å². The van der Waals surface area contributed by atoms with Crippen LogP contribution in [0.4, 0.5) is 0 Å². The molecule has 0 aromatic rings. The molecule has 0 aliphatic heterocycles. The summed E-state index contributed by atoms with van der Waals surface area (Å²) in [5.74, 6) is 1.66. The van der Waals surface area contributed by atoms with E-state index in [0.717, 1.165) is 24.8 Å². The van der Waals surface area contributed by atoms with E-state index in [1.165, 1.54) is 16.7 Å². The minimum absolute atomic E-state index is 0.523. The molecule has 3 unspecified atom stereocenters. The van der Waals surface area contributed by atoms with Crippen molar-refractivity contribution in [2.75, 3.05) is 0 Å². The summed E-state index contributed by atoms with van der Waals surface area (Å²) in [5.41, 5.74) is 10.3. The second-order valence-electron chi connectivity index (χ2n) is 8.34. The van der Waals surface area contributed by atoms with Gasteiger partial charge < -0.3 is 0 Å². The van der Waals surface area contributed by atoms with Gasteiger partial charge in [0.05, 0.1) is 0 Å². The largest absolute Gasteiger partial charge is 0.105 e. The predicted molar refractivity (Wildman–Crippen MR) is 128 cm³/mol. The summed E-state index contributed by atoms with van der Waals surface area (Å²) in [6.07, 6.45) is 31.9. The van der Waals surface area contributed by atoms with Crippen LogP contribution in [0.15, 0.2) is 113 Å². The molecule has 29 heavy (non-hydrogen) atoms. The Morgan fingerprint density at radius 3 is 2.41 bits per heavy atom. The van der Waals surface area contributed by atoms with Crippen molar-refractivity contribution >= 4 is 0 Å². The molecule has 0 amide bonds. The molecule has 0 heteroatoms. The highest BCUT2D eigenvalue weighted by molar-refractivity contribution is 5.46. The Kier molecular flexibility index (Phi) is 7.50. The lowest BCUT2D eigenvalue weighted by Crippen LogP contribution is -2.20. The molecule has 3 aliphatic carbocycles. The molecule has 0 saturated carbocycles. The van der Waals surface area contributed by atoms with Crippen LogP contribution in [-0.2, 0) is 0 Å². The zero-order valence-corrected chi connectivity index (χ0v) is 18.4. The number of rotatable bonds is 6. The highest BCUT2D eigenvalue weighted by Gasteiger charge is 2.24. The maximum atomic E-state index is 3.53. The van der Waals surface area contributed by atoms with Crippen LogP contribution in [0.5, 0.6) is 0 Å². The smallest absolute Gasteiger partial charge is 0.0170 e. The molecule has 0 N–H and O–H groups in total. The Balaban J connectivity index is 1.78. The summed E-state index contributed by atoms with van der Waals surface area (Å²) in [5, 5.41) is 0. The Bertz CT molecular complexity index is 911. The average molecular weight is 383 g/mol. The maximum Gasteiger partial charge on any atom is 0.0170 e. The van der Waals surface area contributed by atoms with Crippen LogP contribution in [0, 0.1) is 17.8 Å². The van der Waals surface area contributed by atoms with Crippen molar-refractivity contribution in [2.45, 2.75) is 47.0 Å². The van der Waals surface area contributed by atoms with Gasteiger partial charge in [-0.25, -0.2) is 0 Å². The van der Waals surface area contributed by atoms with Gasteiger partial charge in [0.2, 0.25) is 0 Å². The van der Waals surface area contributed by atoms with Gasteiger partial charge in [-0.05, 0) is 60.8 Å². The molecule has 0 aromatic heterocycles. The Labute approximate surface area is 177 Å². The van der Waals surface area contributed by atoms with Crippen LogP contribution in [-0.4, -0.2) is 0 Å². The van der Waals surface area contributed by atoms with Gasteiger partial charge in [0.1, 0.15) is 0 Å². The standard InChI is InChI=1S/C29H34/c1-5-28(19-18-25-12-7-6-8-13-25)23(3)22(2)24(4)29-17-11-16-26-14-9-10-15-27(20-26)21-29/h6-12,14-16,18-19,21-24H,5,13,17H2,1-4H3/b16-11-,25-18-,28-19+,29-21+. The lowest BCUT2D eigenvalue weighted by atomic mass is 9.75. The predicted octanol–water partition coefficient (Wildman–Crippen LogP) is 8.14. The molecule has 0 radical (unpaired) electrons. The SMILES string of the molecule is CC/C(=C\C=C1\C=CC=CC1)C(C)C(C)C(C)/C1=C/C2=C=C(C=CC=C2)/C=C\C1. The van der Waals surface area contributed by atoms with Crippen LogP contribution >= 0.6 is 0 Å². The molecular weight excluding hydrogens is 348 g/mol. The van der Waals surface area contributed by atoms with Gasteiger partial charge in [-0.3, -0.25) is 0 Å². The quantitative estimate of drug-likeness (QED) is 0.407. The first-order chi connectivity index (χ1) is 14.1. The van der Waals surface area contributed by atoms with Gasteiger partial charge in [-0.1, -0.05) is 99.6 Å². The van der Waals surface area contributed by atoms with E-state index in [9.17, 15) is 0 Å². The van der Waals surface area contributed by atoms with Crippen molar-refractivity contribution in [3.63, 3.8) is 0 Å². The van der Waals surface area contributed by atoms with Gasteiger partial charge in [-0.2, -0.15) is 0 Å². The van der Waals surface area contributed by atoms with Crippen molar-refractivity contribution in [3.8, 4) is 0 Å². The lowest BCUT2D eigenvalue weighted by Gasteiger charge is -2.30. The highest BCUT2D eigenvalue weighted by Crippen LogP contribution is 2.35. The molecular formula is C29H34. The maximum absolute atomic E-state index is 3.53. The molecule has 0 spiro atoms. The van der Waals surface area contributed by atoms with Crippen LogP contribution in [0.1, 0.15) is 47.0 Å². The first-order valence-corrected chi connectivity index (χ1v) is 11.0. The van der Waals surface area contributed by atoms with Crippen LogP contribution in [0.2, 0.25) is 0 Å². The summed E-state index contributed by atoms with van der Waals surface area (Å²) >= 11 is 0. The van der Waals surface area contributed by atoms with E-state index in [-0.39, 0.29) is 0 Å². The second-order valence-corrected chi connectivity index (χ2v) is 8.34. The fourth-order valence-corrected chi connectivity index (χ4v) is 4.22. The molecule has 0 saturated heterocycles. The van der Waals surface area contributed by atoms with E-state index < -0.39 is 0 Å². The highest BCUT2D eigenvalue weighted by atomic mass is 14.3. The first kappa shape index (κ1) is 21.2. The minimum Gasteiger partial charge on any atom is -0.105 e. The molecule has 150 valence electrons. The topological polar surface area (TPSA) is 0 Å². The summed E-state index contributed by atoms with van der Waals surface area (Å²) in [7, 11) is 0. The fraction of sp³-hybridized carbons (Fsp3) is 0.345. The van der Waals surface area contributed by atoms with Gasteiger partial charge >= 0.3 is 0 Å². The minimum atomic E-state index is 0.523. The Hall–Kier alpha value is -2.56. The van der Waals surface area contributed by atoms with Crippen LogP contribution < -0.4 is 0 Å². The molecule has 2 bridgehead atoms. The molecule has 0 fully saturated rings. The van der Waals surface area contributed by atoms with E-state index in [2.05, 4.69) is 112 Å². The molecule has 3 aliphatic rings. The van der Waals surface area contributed by atoms with Crippen molar-refractivity contribution in [2.24, 2.45) is 17.8 Å². The molecule has 0 heterocycles. The van der Waals surface area contributed by atoms with E-state index >= 15 is 0 Å². The first-order valence-electron chi connectivity index (χ1n) is 11.0. The Morgan fingerprint density at radius 2 is 1.69 bits per heavy atom. The second kappa shape index (κ2) is 10.3. The third-order valence-corrected chi connectivity index (χ3v) is 6.52. The van der Waals surface area contributed by atoms with E-state index in [1.54, 1.807) is 5.57 Å². The van der Waals surface area contributed by atoms with Gasteiger partial charge in [-0.15, -0.1) is 5.73 Å². The molecule has 0 nitrogen and oxygen atoms in total. The van der Waals surface area contributed by atoms with Crippen molar-refractivity contribution in [1.82, 2.24) is 0 Å². The third-order valence-electron chi connectivity index (χ3n) is 6.52. The summed E-state index contributed by atoms with van der Waals surface area (Å²) in [4.78, 5) is 0. The zero-order valence-electron chi connectivity index (χ0n) is 18.4. The molecule has 3 rings (SSSR count). The fourth-order valence-electron chi connectivity index (χ4n) is 4.22. The van der Waals surface area contributed by atoms with Gasteiger partial charge in [0, 0.05) is 11.1 Å². The number of hydrogen-bond donors (Lipinski definition) is 0. The number of hydrogen-bond acceptors (Lipinski definition) is 0. The normalized spacial score (nSPS) is 25.9. The zero-order chi connectivity index (χ0) is 20.6. The van der Waals surface area contributed by atoms with E-state index in [1.807, 2.05) is 0 Å². The average Bonchev–Trinajstić information content (AvgIpc) is 2.98. The molecule has 0 aromatic carbocycles. The third kappa shape index (κ3) is 5.72. The van der Waals surface area contributed by atoms with E-state index in [4.69, 9.17) is 0 Å². The van der Waals surface area contributed by atoms with Crippen LogP contribution in [0.25, 0.3) is 0 Å². The number of allylic oxidation sites excluding steroid dienone is 17. The van der Waals surface area contributed by atoms with Crippen molar-refractivity contribution in [1.29, 1.82) is 0 Å². The lowest BCUT2D eigenvalue weighted by molar-refractivity contribution is 0.338. The molecule has 3 atom stereocenters. The van der Waals surface area contributed by atoms with Crippen molar-refractivity contribution in [3.05, 3.63) is 113 Å². The van der Waals surface area contributed by atoms with Gasteiger partial charge in [0.25, 0.3) is 0 Å². The van der Waals surface area contributed by atoms with Crippen molar-refractivity contribution < 1.29 is 0 Å². The van der Waals surface area contributed by atoms with E-state index in [0.29, 0.717) is 17.8 Å². The summed E-state index contributed by atoms with van der Waals surface area (Å²) in [6, 6.07) is 0. The van der Waals surface area contributed by atoms with Gasteiger partial charge in [0.15, 0.2) is 0 Å². The summed E-state index contributed by atoms with van der Waals surface area (Å²) in [6.45, 7) is 9.50. The Morgan fingerprint density at radius 1 is 0.931 bits per heavy atom. The monoisotopic (exact) mass is 382 g/mol. The summed E-state index contributed by atoms with van der Waals surface area (Å²) < 4.78 is 0.